The van der Waals surface area contributed by atoms with Gasteiger partial charge in [0.25, 0.3) is 0 Å². The molecule has 1 atom stereocenters. The Kier molecular flexibility index (Phi) is 7.41. The Bertz CT molecular complexity index is 803. The minimum absolute atomic E-state index is 0.0835. The maximum Gasteiger partial charge on any atom is 0.223 e. The Hall–Kier alpha value is -2.67. The van der Waals surface area contributed by atoms with Gasteiger partial charge in [-0.3, -0.25) is 4.79 Å². The van der Waals surface area contributed by atoms with Crippen molar-refractivity contribution in [3.63, 3.8) is 0 Å². The molecule has 1 aromatic carbocycles. The SMILES string of the molecule is CNc1cc([C@H]2CCCNC2)nc(CN(C)C(=O)CCc2ccc(OC)cc2)n1. The molecule has 156 valence electrons. The summed E-state index contributed by atoms with van der Waals surface area (Å²) in [5.74, 6) is 2.78. The second kappa shape index (κ2) is 10.2. The third-order valence-corrected chi connectivity index (χ3v) is 5.35. The molecule has 7 nitrogen and oxygen atoms in total. The molecule has 1 aliphatic heterocycles. The van der Waals surface area contributed by atoms with Crippen LogP contribution in [-0.2, 0) is 17.8 Å². The predicted octanol–water partition coefficient (Wildman–Crippen LogP) is 2.59. The molecule has 1 amide bonds. The van der Waals surface area contributed by atoms with Crippen molar-refractivity contribution in [3.05, 3.63) is 47.4 Å². The number of carbonyl (C=O) groups excluding carboxylic acids is 1. The maximum atomic E-state index is 12.6. The van der Waals surface area contributed by atoms with Crippen LogP contribution in [0.4, 0.5) is 5.82 Å². The van der Waals surface area contributed by atoms with Gasteiger partial charge in [0.05, 0.1) is 19.3 Å². The van der Waals surface area contributed by atoms with Crippen LogP contribution in [0.15, 0.2) is 30.3 Å². The van der Waals surface area contributed by atoms with Gasteiger partial charge >= 0.3 is 0 Å². The topological polar surface area (TPSA) is 79.4 Å². The summed E-state index contributed by atoms with van der Waals surface area (Å²) in [6.45, 7) is 2.42. The lowest BCUT2D eigenvalue weighted by atomic mass is 9.96. The molecule has 0 radical (unpaired) electrons. The van der Waals surface area contributed by atoms with Crippen LogP contribution in [-0.4, -0.2) is 55.1 Å². The first-order chi connectivity index (χ1) is 14.1. The number of rotatable bonds is 8. The summed E-state index contributed by atoms with van der Waals surface area (Å²) in [5.41, 5.74) is 2.17. The van der Waals surface area contributed by atoms with Crippen LogP contribution in [0.3, 0.4) is 0 Å². The van der Waals surface area contributed by atoms with Gasteiger partial charge in [-0.1, -0.05) is 12.1 Å². The molecular formula is C22H31N5O2. The molecule has 0 saturated carbocycles. The smallest absolute Gasteiger partial charge is 0.223 e. The highest BCUT2D eigenvalue weighted by Gasteiger charge is 2.19. The van der Waals surface area contributed by atoms with Gasteiger partial charge < -0.3 is 20.3 Å². The lowest BCUT2D eigenvalue weighted by Gasteiger charge is -2.23. The largest absolute Gasteiger partial charge is 0.497 e. The van der Waals surface area contributed by atoms with E-state index in [9.17, 15) is 4.79 Å². The number of aromatic nitrogens is 2. The second-order valence-electron chi connectivity index (χ2n) is 7.49. The maximum absolute atomic E-state index is 12.6. The number of aryl methyl sites for hydroxylation is 1. The van der Waals surface area contributed by atoms with Crippen molar-refractivity contribution in [3.8, 4) is 5.75 Å². The second-order valence-corrected chi connectivity index (χ2v) is 7.49. The van der Waals surface area contributed by atoms with Gasteiger partial charge in [0, 0.05) is 39.0 Å². The van der Waals surface area contributed by atoms with Gasteiger partial charge in [0.15, 0.2) is 0 Å². The van der Waals surface area contributed by atoms with Gasteiger partial charge in [-0.2, -0.15) is 0 Å². The van der Waals surface area contributed by atoms with Crippen molar-refractivity contribution in [2.75, 3.05) is 39.6 Å². The first-order valence-electron chi connectivity index (χ1n) is 10.2. The number of anilines is 1. The molecule has 0 aliphatic carbocycles. The van der Waals surface area contributed by atoms with Crippen molar-refractivity contribution in [1.82, 2.24) is 20.2 Å². The number of nitrogens with zero attached hydrogens (tertiary/aromatic N) is 3. The standard InChI is InChI=1S/C22H31N5O2/c1-23-20-13-19(17-5-4-12-24-14-17)25-21(26-20)15-27(2)22(28)11-8-16-6-9-18(29-3)10-7-16/h6-7,9-10,13,17,24H,4-5,8,11-12,14-15H2,1-3H3,(H,23,25,26)/t17-/m0/s1. The van der Waals surface area contributed by atoms with Gasteiger partial charge in [0.2, 0.25) is 5.91 Å². The highest BCUT2D eigenvalue weighted by molar-refractivity contribution is 5.76. The molecule has 29 heavy (non-hydrogen) atoms. The molecule has 0 bridgehead atoms. The number of hydrogen-bond donors (Lipinski definition) is 2. The number of ether oxygens (including phenoxy) is 1. The van der Waals surface area contributed by atoms with Crippen LogP contribution in [0.25, 0.3) is 0 Å². The highest BCUT2D eigenvalue weighted by atomic mass is 16.5. The Morgan fingerprint density at radius 3 is 2.76 bits per heavy atom. The Balaban J connectivity index is 1.60. The normalized spacial score (nSPS) is 16.3. The average molecular weight is 398 g/mol. The lowest BCUT2D eigenvalue weighted by Crippen LogP contribution is -2.30. The van der Waals surface area contributed by atoms with E-state index < -0.39 is 0 Å². The number of amides is 1. The minimum Gasteiger partial charge on any atom is -0.497 e. The zero-order valence-electron chi connectivity index (χ0n) is 17.6. The number of nitrogens with one attached hydrogen (secondary N) is 2. The van der Waals surface area contributed by atoms with E-state index in [4.69, 9.17) is 9.72 Å². The van der Waals surface area contributed by atoms with E-state index in [0.29, 0.717) is 31.1 Å². The number of methoxy groups -OCH3 is 1. The van der Waals surface area contributed by atoms with E-state index in [1.54, 1.807) is 12.0 Å². The monoisotopic (exact) mass is 397 g/mol. The number of carbonyl (C=O) groups is 1. The third kappa shape index (κ3) is 5.90. The van der Waals surface area contributed by atoms with Gasteiger partial charge in [0.1, 0.15) is 17.4 Å². The molecule has 2 N–H and O–H groups in total. The summed E-state index contributed by atoms with van der Waals surface area (Å²) in [6.07, 6.45) is 3.43. The molecule has 7 heteroatoms. The first-order valence-corrected chi connectivity index (χ1v) is 10.2. The van der Waals surface area contributed by atoms with E-state index in [2.05, 4.69) is 15.6 Å². The summed E-state index contributed by atoms with van der Waals surface area (Å²) >= 11 is 0. The summed E-state index contributed by atoms with van der Waals surface area (Å²) in [5, 5.41) is 6.56. The average Bonchev–Trinajstić information content (AvgIpc) is 2.78. The number of hydrogen-bond acceptors (Lipinski definition) is 6. The van der Waals surface area contributed by atoms with E-state index in [0.717, 1.165) is 48.8 Å². The molecular weight excluding hydrogens is 366 g/mol. The van der Waals surface area contributed by atoms with Crippen molar-refractivity contribution >= 4 is 11.7 Å². The van der Waals surface area contributed by atoms with E-state index in [1.807, 2.05) is 44.4 Å². The Morgan fingerprint density at radius 2 is 2.10 bits per heavy atom. The minimum atomic E-state index is 0.0835. The first kappa shape index (κ1) is 21.0. The molecule has 2 aromatic rings. The van der Waals surface area contributed by atoms with Crippen molar-refractivity contribution in [2.45, 2.75) is 38.1 Å². The molecule has 1 fully saturated rings. The summed E-state index contributed by atoms with van der Waals surface area (Å²) in [4.78, 5) is 23.6. The molecule has 1 saturated heterocycles. The number of piperidine rings is 1. The highest BCUT2D eigenvalue weighted by Crippen LogP contribution is 2.23. The Morgan fingerprint density at radius 1 is 1.31 bits per heavy atom. The van der Waals surface area contributed by atoms with Crippen molar-refractivity contribution in [2.24, 2.45) is 0 Å². The van der Waals surface area contributed by atoms with Gasteiger partial charge in [-0.05, 0) is 43.5 Å². The van der Waals surface area contributed by atoms with E-state index in [-0.39, 0.29) is 5.91 Å². The van der Waals surface area contributed by atoms with Crippen molar-refractivity contribution in [1.29, 1.82) is 0 Å². The molecule has 1 aliphatic rings. The molecule has 1 aromatic heterocycles. The van der Waals surface area contributed by atoms with Crippen LogP contribution in [0.2, 0.25) is 0 Å². The Labute approximate surface area is 172 Å². The van der Waals surface area contributed by atoms with E-state index >= 15 is 0 Å². The van der Waals surface area contributed by atoms with Crippen LogP contribution in [0, 0.1) is 0 Å². The van der Waals surface area contributed by atoms with Gasteiger partial charge in [-0.25, -0.2) is 9.97 Å². The quantitative estimate of drug-likeness (QED) is 0.713. The van der Waals surface area contributed by atoms with E-state index in [1.165, 1.54) is 0 Å². The van der Waals surface area contributed by atoms with Crippen LogP contribution in [0.5, 0.6) is 5.75 Å². The predicted molar refractivity (Wildman–Crippen MR) is 114 cm³/mol. The summed E-state index contributed by atoms with van der Waals surface area (Å²) in [7, 11) is 5.32. The molecule has 2 heterocycles. The zero-order chi connectivity index (χ0) is 20.6. The van der Waals surface area contributed by atoms with Crippen molar-refractivity contribution < 1.29 is 9.53 Å². The fourth-order valence-corrected chi connectivity index (χ4v) is 3.56. The molecule has 3 rings (SSSR count). The van der Waals surface area contributed by atoms with Crippen LogP contribution < -0.4 is 15.4 Å². The fourth-order valence-electron chi connectivity index (χ4n) is 3.56. The number of benzene rings is 1. The van der Waals surface area contributed by atoms with Gasteiger partial charge in [-0.15, -0.1) is 0 Å². The lowest BCUT2D eigenvalue weighted by molar-refractivity contribution is -0.130. The summed E-state index contributed by atoms with van der Waals surface area (Å²) in [6, 6.07) is 9.85. The molecule has 0 spiro atoms. The van der Waals surface area contributed by atoms with Crippen LogP contribution >= 0.6 is 0 Å². The molecule has 0 unspecified atom stereocenters. The third-order valence-electron chi connectivity index (χ3n) is 5.35. The summed E-state index contributed by atoms with van der Waals surface area (Å²) < 4.78 is 5.17. The zero-order valence-corrected chi connectivity index (χ0v) is 17.6. The fraction of sp³-hybridized carbons (Fsp3) is 0.500. The van der Waals surface area contributed by atoms with Crippen LogP contribution in [0.1, 0.15) is 42.3 Å².